The Hall–Kier alpha value is -3.55. The van der Waals surface area contributed by atoms with E-state index in [-0.39, 0.29) is 12.1 Å². The Balaban J connectivity index is 1.86. The minimum absolute atomic E-state index is 0.0650. The van der Waals surface area contributed by atoms with E-state index in [0.29, 0.717) is 22.8 Å². The predicted octanol–water partition coefficient (Wildman–Crippen LogP) is 1.96. The van der Waals surface area contributed by atoms with Crippen LogP contribution in [0.2, 0.25) is 0 Å². The number of carbonyl (C=O) groups is 1. The Kier molecular flexibility index (Phi) is 5.25. The predicted molar refractivity (Wildman–Crippen MR) is 100 cm³/mol. The normalized spacial score (nSPS) is 10.5. The molecule has 0 aliphatic carbocycles. The van der Waals surface area contributed by atoms with Gasteiger partial charge in [0.1, 0.15) is 17.1 Å². The monoisotopic (exact) mass is 365 g/mol. The van der Waals surface area contributed by atoms with Crippen LogP contribution < -0.4 is 15.6 Å². The third-order valence-electron chi connectivity index (χ3n) is 3.98. The van der Waals surface area contributed by atoms with Crippen molar-refractivity contribution in [2.45, 2.75) is 20.4 Å². The van der Waals surface area contributed by atoms with Crippen molar-refractivity contribution in [1.29, 1.82) is 0 Å². The highest BCUT2D eigenvalue weighted by molar-refractivity contribution is 6.04. The summed E-state index contributed by atoms with van der Waals surface area (Å²) in [5, 5.41) is 2.64. The van der Waals surface area contributed by atoms with Gasteiger partial charge < -0.3 is 14.6 Å². The lowest BCUT2D eigenvalue weighted by molar-refractivity contribution is 0.102. The fourth-order valence-corrected chi connectivity index (χ4v) is 2.50. The molecule has 0 fully saturated rings. The van der Waals surface area contributed by atoms with Crippen molar-refractivity contribution < 1.29 is 9.53 Å². The highest BCUT2D eigenvalue weighted by Gasteiger charge is 2.17. The largest absolute Gasteiger partial charge is 0.495 e. The van der Waals surface area contributed by atoms with E-state index in [1.54, 1.807) is 43.7 Å². The molecule has 27 heavy (non-hydrogen) atoms. The molecule has 8 heteroatoms. The molecule has 1 N–H and O–H groups in total. The Morgan fingerprint density at radius 3 is 2.56 bits per heavy atom. The first-order chi connectivity index (χ1) is 13.0. The average Bonchev–Trinajstić information content (AvgIpc) is 2.66. The highest BCUT2D eigenvalue weighted by atomic mass is 16.5. The molecule has 0 radical (unpaired) electrons. The van der Waals surface area contributed by atoms with Crippen LogP contribution in [0.1, 0.15) is 27.3 Å². The molecule has 8 nitrogen and oxygen atoms in total. The van der Waals surface area contributed by atoms with Gasteiger partial charge in [-0.05, 0) is 37.6 Å². The van der Waals surface area contributed by atoms with Crippen LogP contribution in [0.3, 0.4) is 0 Å². The van der Waals surface area contributed by atoms with Gasteiger partial charge in [0.15, 0.2) is 0 Å². The Morgan fingerprint density at radius 1 is 1.11 bits per heavy atom. The number of aryl methyl sites for hydroxylation is 2. The molecule has 0 unspecified atom stereocenters. The molecule has 3 aromatic rings. The number of carbonyl (C=O) groups excluding carboxylic acids is 1. The topological polar surface area (TPSA) is 99.0 Å². The number of hydrogen-bond donors (Lipinski definition) is 1. The van der Waals surface area contributed by atoms with E-state index in [1.165, 1.54) is 17.9 Å². The van der Waals surface area contributed by atoms with E-state index in [0.717, 1.165) is 5.69 Å². The first kappa shape index (κ1) is 18.2. The summed E-state index contributed by atoms with van der Waals surface area (Å²) in [5.74, 6) is 0.393. The molecular weight excluding hydrogens is 346 g/mol. The Bertz CT molecular complexity index is 1010. The third-order valence-corrected chi connectivity index (χ3v) is 3.98. The SMILES string of the molecule is COc1ccc(NC(=O)c2c(C)ccn(Cc3cnc(C)cn3)c2=O)nc1. The standard InChI is InChI=1S/C19H19N5O3/c1-12-6-7-24(11-14-9-20-13(2)8-21-14)19(26)17(12)18(25)23-16-5-4-15(27-3)10-22-16/h4-10H,11H2,1-3H3,(H,22,23,25). The van der Waals surface area contributed by atoms with Crippen molar-refractivity contribution in [3.05, 3.63) is 75.9 Å². The molecule has 0 aromatic carbocycles. The van der Waals surface area contributed by atoms with Crippen molar-refractivity contribution in [3.63, 3.8) is 0 Å². The van der Waals surface area contributed by atoms with Crippen molar-refractivity contribution in [1.82, 2.24) is 19.5 Å². The van der Waals surface area contributed by atoms with Gasteiger partial charge in [0.25, 0.3) is 11.5 Å². The Morgan fingerprint density at radius 2 is 1.93 bits per heavy atom. The number of aromatic nitrogens is 4. The molecule has 3 aromatic heterocycles. The van der Waals surface area contributed by atoms with Gasteiger partial charge in [-0.3, -0.25) is 19.6 Å². The van der Waals surface area contributed by atoms with Crippen LogP contribution in [0.5, 0.6) is 5.75 Å². The first-order valence-corrected chi connectivity index (χ1v) is 8.27. The van der Waals surface area contributed by atoms with Crippen molar-refractivity contribution in [2.75, 3.05) is 12.4 Å². The molecule has 3 rings (SSSR count). The highest BCUT2D eigenvalue weighted by Crippen LogP contribution is 2.13. The molecule has 0 saturated heterocycles. The molecule has 0 saturated carbocycles. The molecule has 3 heterocycles. The van der Waals surface area contributed by atoms with Crippen molar-refractivity contribution in [2.24, 2.45) is 0 Å². The number of pyridine rings is 2. The number of hydrogen-bond acceptors (Lipinski definition) is 6. The van der Waals surface area contributed by atoms with Gasteiger partial charge in [-0.25, -0.2) is 4.98 Å². The first-order valence-electron chi connectivity index (χ1n) is 8.27. The zero-order valence-corrected chi connectivity index (χ0v) is 15.3. The summed E-state index contributed by atoms with van der Waals surface area (Å²) < 4.78 is 6.47. The van der Waals surface area contributed by atoms with E-state index in [9.17, 15) is 9.59 Å². The molecule has 0 spiro atoms. The van der Waals surface area contributed by atoms with Gasteiger partial charge in [0, 0.05) is 12.4 Å². The van der Waals surface area contributed by atoms with Gasteiger partial charge in [0.05, 0.1) is 37.4 Å². The van der Waals surface area contributed by atoms with Crippen LogP contribution >= 0.6 is 0 Å². The van der Waals surface area contributed by atoms with Crippen LogP contribution in [0.4, 0.5) is 5.82 Å². The van der Waals surface area contributed by atoms with Gasteiger partial charge in [-0.1, -0.05) is 0 Å². The van der Waals surface area contributed by atoms with Gasteiger partial charge in [-0.15, -0.1) is 0 Å². The number of methoxy groups -OCH3 is 1. The summed E-state index contributed by atoms with van der Waals surface area (Å²) in [5.41, 5.74) is 1.67. The summed E-state index contributed by atoms with van der Waals surface area (Å²) in [6.07, 6.45) is 6.38. The fraction of sp³-hybridized carbons (Fsp3) is 0.211. The van der Waals surface area contributed by atoms with Crippen LogP contribution in [0.15, 0.2) is 47.8 Å². The second kappa shape index (κ2) is 7.77. The molecule has 138 valence electrons. The minimum atomic E-state index is -0.514. The smallest absolute Gasteiger partial charge is 0.264 e. The number of amides is 1. The van der Waals surface area contributed by atoms with E-state index in [1.807, 2.05) is 6.92 Å². The maximum absolute atomic E-state index is 12.8. The summed E-state index contributed by atoms with van der Waals surface area (Å²) >= 11 is 0. The van der Waals surface area contributed by atoms with Crippen LogP contribution in [0, 0.1) is 13.8 Å². The second-order valence-electron chi connectivity index (χ2n) is 5.99. The zero-order chi connectivity index (χ0) is 19.4. The Labute approximate surface area is 155 Å². The fourth-order valence-electron chi connectivity index (χ4n) is 2.50. The maximum Gasteiger partial charge on any atom is 0.264 e. The molecule has 0 atom stereocenters. The van der Waals surface area contributed by atoms with Crippen LogP contribution in [-0.2, 0) is 6.54 Å². The van der Waals surface area contributed by atoms with Gasteiger partial charge in [-0.2, -0.15) is 0 Å². The second-order valence-corrected chi connectivity index (χ2v) is 5.99. The van der Waals surface area contributed by atoms with Crippen LogP contribution in [-0.4, -0.2) is 32.5 Å². The molecule has 0 aliphatic rings. The lowest BCUT2D eigenvalue weighted by atomic mass is 10.1. The summed E-state index contributed by atoms with van der Waals surface area (Å²) in [4.78, 5) is 38.0. The molecule has 1 amide bonds. The quantitative estimate of drug-likeness (QED) is 0.742. The van der Waals surface area contributed by atoms with Gasteiger partial charge >= 0.3 is 0 Å². The van der Waals surface area contributed by atoms with Gasteiger partial charge in [0.2, 0.25) is 0 Å². The van der Waals surface area contributed by atoms with Crippen molar-refractivity contribution >= 4 is 11.7 Å². The number of nitrogens with zero attached hydrogens (tertiary/aromatic N) is 4. The summed E-state index contributed by atoms with van der Waals surface area (Å²) in [7, 11) is 1.53. The maximum atomic E-state index is 12.8. The summed E-state index contributed by atoms with van der Waals surface area (Å²) in [6.45, 7) is 3.78. The lowest BCUT2D eigenvalue weighted by Crippen LogP contribution is -2.30. The van der Waals surface area contributed by atoms with E-state index in [2.05, 4.69) is 20.3 Å². The molecule has 0 aliphatic heterocycles. The van der Waals surface area contributed by atoms with Crippen LogP contribution in [0.25, 0.3) is 0 Å². The zero-order valence-electron chi connectivity index (χ0n) is 15.3. The molecular formula is C19H19N5O3. The molecule has 0 bridgehead atoms. The number of ether oxygens (including phenoxy) is 1. The lowest BCUT2D eigenvalue weighted by Gasteiger charge is -2.11. The van der Waals surface area contributed by atoms with Crippen molar-refractivity contribution in [3.8, 4) is 5.75 Å². The van der Waals surface area contributed by atoms with E-state index >= 15 is 0 Å². The third kappa shape index (κ3) is 4.17. The van der Waals surface area contributed by atoms with E-state index < -0.39 is 11.5 Å². The summed E-state index contributed by atoms with van der Waals surface area (Å²) in [6, 6.07) is 5.00. The number of anilines is 1. The van der Waals surface area contributed by atoms with E-state index in [4.69, 9.17) is 4.74 Å². The minimum Gasteiger partial charge on any atom is -0.495 e. The number of rotatable bonds is 5. The number of nitrogens with one attached hydrogen (secondary N) is 1. The average molecular weight is 365 g/mol.